The Balaban J connectivity index is 2.59. The third kappa shape index (κ3) is 4.63. The van der Waals surface area contributed by atoms with Gasteiger partial charge in [0.05, 0.1) is 12.2 Å². The van der Waals surface area contributed by atoms with Gasteiger partial charge in [0.1, 0.15) is 0 Å². The molecule has 1 aliphatic carbocycles. The zero-order valence-corrected chi connectivity index (χ0v) is 11.1. The van der Waals surface area contributed by atoms with Crippen molar-refractivity contribution in [3.05, 3.63) is 0 Å². The molecule has 0 aromatic heterocycles. The maximum Gasteiger partial charge on any atom is 0.304 e. The summed E-state index contributed by atoms with van der Waals surface area (Å²) in [4.78, 5) is 10.4. The molecule has 0 atom stereocenters. The van der Waals surface area contributed by atoms with Crippen LogP contribution in [0.25, 0.3) is 0 Å². The molecule has 1 fully saturated rings. The number of carboxylic acids is 1. The number of carbonyl (C=O) groups is 1. The molecule has 6 heteroatoms. The van der Waals surface area contributed by atoms with Gasteiger partial charge in [-0.3, -0.25) is 4.79 Å². The van der Waals surface area contributed by atoms with Crippen LogP contribution in [-0.2, 0) is 14.8 Å². The Morgan fingerprint density at radius 3 is 2.24 bits per heavy atom. The van der Waals surface area contributed by atoms with E-state index in [1.54, 1.807) is 7.05 Å². The normalized spacial score (nSPS) is 19.2. The fraction of sp³-hybridized carbons (Fsp3) is 0.909. The van der Waals surface area contributed by atoms with E-state index < -0.39 is 16.0 Å². The molecule has 0 aromatic carbocycles. The van der Waals surface area contributed by atoms with Crippen LogP contribution in [0.2, 0.25) is 0 Å². The number of nitrogens with zero attached hydrogens (tertiary/aromatic N) is 1. The van der Waals surface area contributed by atoms with Gasteiger partial charge in [0.25, 0.3) is 0 Å². The van der Waals surface area contributed by atoms with E-state index in [4.69, 9.17) is 5.11 Å². The van der Waals surface area contributed by atoms with Crippen LogP contribution in [0.3, 0.4) is 0 Å². The summed E-state index contributed by atoms with van der Waals surface area (Å²) in [5.41, 5.74) is 0. The highest BCUT2D eigenvalue weighted by atomic mass is 32.2. The summed E-state index contributed by atoms with van der Waals surface area (Å²) < 4.78 is 25.2. The van der Waals surface area contributed by atoms with E-state index in [-0.39, 0.29) is 18.2 Å². The van der Waals surface area contributed by atoms with Gasteiger partial charge in [0.15, 0.2) is 0 Å². The molecule has 0 aromatic rings. The Morgan fingerprint density at radius 2 is 1.76 bits per heavy atom. The second-order valence-corrected chi connectivity index (χ2v) is 6.77. The molecule has 100 valence electrons. The molecule has 1 saturated carbocycles. The van der Waals surface area contributed by atoms with E-state index in [1.165, 1.54) is 17.1 Å². The highest BCUT2D eigenvalue weighted by molar-refractivity contribution is 7.89. The van der Waals surface area contributed by atoms with Gasteiger partial charge >= 0.3 is 5.97 Å². The van der Waals surface area contributed by atoms with Crippen molar-refractivity contribution >= 4 is 16.0 Å². The summed E-state index contributed by atoms with van der Waals surface area (Å²) in [6.07, 6.45) is 5.91. The highest BCUT2D eigenvalue weighted by Crippen LogP contribution is 2.23. The molecule has 0 amide bonds. The molecule has 0 unspecified atom stereocenters. The minimum Gasteiger partial charge on any atom is -0.481 e. The third-order valence-corrected chi connectivity index (χ3v) is 5.25. The lowest BCUT2D eigenvalue weighted by molar-refractivity contribution is -0.136. The van der Waals surface area contributed by atoms with Crippen molar-refractivity contribution in [3.63, 3.8) is 0 Å². The van der Waals surface area contributed by atoms with E-state index in [0.29, 0.717) is 0 Å². The van der Waals surface area contributed by atoms with Crippen LogP contribution in [0.15, 0.2) is 0 Å². The first-order chi connectivity index (χ1) is 7.93. The van der Waals surface area contributed by atoms with Gasteiger partial charge in [-0.1, -0.05) is 25.7 Å². The van der Waals surface area contributed by atoms with E-state index in [0.717, 1.165) is 25.7 Å². The van der Waals surface area contributed by atoms with Crippen molar-refractivity contribution in [2.75, 3.05) is 12.8 Å². The summed E-state index contributed by atoms with van der Waals surface area (Å²) >= 11 is 0. The predicted molar refractivity (Wildman–Crippen MR) is 65.3 cm³/mol. The fourth-order valence-electron chi connectivity index (χ4n) is 2.21. The van der Waals surface area contributed by atoms with Gasteiger partial charge in [0.2, 0.25) is 10.0 Å². The molecule has 1 N–H and O–H groups in total. The number of rotatable bonds is 5. The monoisotopic (exact) mass is 263 g/mol. The van der Waals surface area contributed by atoms with Gasteiger partial charge in [-0.2, -0.15) is 0 Å². The Hall–Kier alpha value is -0.620. The molecule has 0 spiro atoms. The second kappa shape index (κ2) is 6.35. The van der Waals surface area contributed by atoms with Crippen LogP contribution >= 0.6 is 0 Å². The van der Waals surface area contributed by atoms with Crippen LogP contribution in [0.1, 0.15) is 44.9 Å². The molecule has 17 heavy (non-hydrogen) atoms. The van der Waals surface area contributed by atoms with Gasteiger partial charge < -0.3 is 5.11 Å². The molecule has 0 aliphatic heterocycles. The lowest BCUT2D eigenvalue weighted by atomic mass is 10.1. The van der Waals surface area contributed by atoms with Crippen molar-refractivity contribution in [1.82, 2.24) is 4.31 Å². The Bertz CT molecular complexity index is 344. The summed E-state index contributed by atoms with van der Waals surface area (Å²) in [7, 11) is -1.84. The summed E-state index contributed by atoms with van der Waals surface area (Å²) in [6.45, 7) is 0. The number of sulfonamides is 1. The van der Waals surface area contributed by atoms with E-state index in [2.05, 4.69) is 0 Å². The molecule has 1 aliphatic rings. The smallest absolute Gasteiger partial charge is 0.304 e. The quantitative estimate of drug-likeness (QED) is 0.762. The zero-order valence-electron chi connectivity index (χ0n) is 10.3. The molecule has 0 saturated heterocycles. The summed E-state index contributed by atoms with van der Waals surface area (Å²) in [5.74, 6) is -1.36. The van der Waals surface area contributed by atoms with Crippen LogP contribution in [0.4, 0.5) is 0 Å². The second-order valence-electron chi connectivity index (χ2n) is 4.62. The van der Waals surface area contributed by atoms with Crippen LogP contribution < -0.4 is 0 Å². The molecule has 5 nitrogen and oxygen atoms in total. The van der Waals surface area contributed by atoms with Gasteiger partial charge in [-0.25, -0.2) is 12.7 Å². The van der Waals surface area contributed by atoms with Gasteiger partial charge in [-0.05, 0) is 12.8 Å². The molecule has 0 heterocycles. The van der Waals surface area contributed by atoms with Crippen molar-refractivity contribution in [2.24, 2.45) is 0 Å². The minimum absolute atomic E-state index is 0.0521. The minimum atomic E-state index is -3.42. The van der Waals surface area contributed by atoms with Crippen LogP contribution in [0.5, 0.6) is 0 Å². The molecule has 0 bridgehead atoms. The van der Waals surface area contributed by atoms with E-state index in [9.17, 15) is 13.2 Å². The largest absolute Gasteiger partial charge is 0.481 e. The average molecular weight is 263 g/mol. The first kappa shape index (κ1) is 14.4. The highest BCUT2D eigenvalue weighted by Gasteiger charge is 2.27. The average Bonchev–Trinajstić information content (AvgIpc) is 2.54. The van der Waals surface area contributed by atoms with Crippen molar-refractivity contribution in [3.8, 4) is 0 Å². The van der Waals surface area contributed by atoms with Crippen molar-refractivity contribution in [1.29, 1.82) is 0 Å². The maximum absolute atomic E-state index is 11.9. The standard InChI is InChI=1S/C11H21NO4S/c1-12(10-6-4-2-3-5-7-10)17(15,16)9-8-11(13)14/h10H,2-9H2,1H3,(H,13,14). The van der Waals surface area contributed by atoms with Gasteiger partial charge in [-0.15, -0.1) is 0 Å². The predicted octanol–water partition coefficient (Wildman–Crippen LogP) is 1.45. The molecular formula is C11H21NO4S. The van der Waals surface area contributed by atoms with E-state index in [1.807, 2.05) is 0 Å². The van der Waals surface area contributed by atoms with Crippen LogP contribution in [-0.4, -0.2) is 42.6 Å². The first-order valence-electron chi connectivity index (χ1n) is 6.11. The Labute approximate surface area is 103 Å². The number of carboxylic acid groups (broad SMARTS) is 1. The lowest BCUT2D eigenvalue weighted by Gasteiger charge is -2.26. The Kier molecular flexibility index (Phi) is 5.39. The first-order valence-corrected chi connectivity index (χ1v) is 7.72. The lowest BCUT2D eigenvalue weighted by Crippen LogP contribution is -2.38. The fourth-order valence-corrected chi connectivity index (χ4v) is 3.59. The number of hydrogen-bond acceptors (Lipinski definition) is 3. The number of aliphatic carboxylic acids is 1. The van der Waals surface area contributed by atoms with E-state index >= 15 is 0 Å². The van der Waals surface area contributed by atoms with Crippen molar-refractivity contribution in [2.45, 2.75) is 51.0 Å². The summed E-state index contributed by atoms with van der Waals surface area (Å²) in [6, 6.07) is 0.0521. The number of hydrogen-bond donors (Lipinski definition) is 1. The third-order valence-electron chi connectivity index (χ3n) is 3.35. The molecular weight excluding hydrogens is 242 g/mol. The maximum atomic E-state index is 11.9. The molecule has 0 radical (unpaired) electrons. The van der Waals surface area contributed by atoms with Gasteiger partial charge in [0, 0.05) is 13.1 Å². The van der Waals surface area contributed by atoms with Crippen LogP contribution in [0, 0.1) is 0 Å². The van der Waals surface area contributed by atoms with Crippen molar-refractivity contribution < 1.29 is 18.3 Å². The zero-order chi connectivity index (χ0) is 12.9. The molecule has 1 rings (SSSR count). The topological polar surface area (TPSA) is 74.7 Å². The SMILES string of the molecule is CN(C1CCCCCC1)S(=O)(=O)CCC(=O)O. The summed E-state index contributed by atoms with van der Waals surface area (Å²) in [5, 5.41) is 8.53. The Morgan fingerprint density at radius 1 is 1.24 bits per heavy atom.